The monoisotopic (exact) mass is 507 g/mol. The normalized spacial score (nSPS) is 19.6. The van der Waals surface area contributed by atoms with E-state index >= 15 is 0 Å². The SMILES string of the molecule is CC(C)CNC(=O)[C@H]1COC2(CCN(C(=O)c3ccc(Cl)c(Cl)c3)CC2)N1C(=O)c1ccco1. The highest BCUT2D eigenvalue weighted by molar-refractivity contribution is 6.42. The Labute approximate surface area is 208 Å². The maximum absolute atomic E-state index is 13.4. The highest BCUT2D eigenvalue weighted by atomic mass is 35.5. The van der Waals surface area contributed by atoms with Crippen LogP contribution in [0.25, 0.3) is 0 Å². The number of rotatable bonds is 5. The lowest BCUT2D eigenvalue weighted by atomic mass is 9.96. The maximum Gasteiger partial charge on any atom is 0.292 e. The van der Waals surface area contributed by atoms with Crippen LogP contribution >= 0.6 is 23.2 Å². The molecule has 3 heterocycles. The summed E-state index contributed by atoms with van der Waals surface area (Å²) in [5.41, 5.74) is -0.565. The molecule has 34 heavy (non-hydrogen) atoms. The molecule has 2 aliphatic rings. The van der Waals surface area contributed by atoms with Crippen molar-refractivity contribution in [2.45, 2.75) is 38.5 Å². The van der Waals surface area contributed by atoms with Crippen LogP contribution in [-0.2, 0) is 9.53 Å². The minimum absolute atomic E-state index is 0.0805. The van der Waals surface area contributed by atoms with Crippen molar-refractivity contribution in [1.82, 2.24) is 15.1 Å². The lowest BCUT2D eigenvalue weighted by molar-refractivity contribution is -0.128. The van der Waals surface area contributed by atoms with Crippen molar-refractivity contribution in [2.75, 3.05) is 26.2 Å². The number of piperidine rings is 1. The van der Waals surface area contributed by atoms with Gasteiger partial charge < -0.3 is 19.4 Å². The molecule has 3 amide bonds. The quantitative estimate of drug-likeness (QED) is 0.663. The molecule has 182 valence electrons. The van der Waals surface area contributed by atoms with Crippen LogP contribution in [0.5, 0.6) is 0 Å². The van der Waals surface area contributed by atoms with Crippen molar-refractivity contribution < 1.29 is 23.5 Å². The van der Waals surface area contributed by atoms with Crippen molar-refractivity contribution in [2.24, 2.45) is 5.92 Å². The Morgan fingerprint density at radius 3 is 2.47 bits per heavy atom. The van der Waals surface area contributed by atoms with E-state index in [4.69, 9.17) is 32.4 Å². The number of nitrogens with zero attached hydrogens (tertiary/aromatic N) is 2. The van der Waals surface area contributed by atoms with Gasteiger partial charge in [-0.25, -0.2) is 0 Å². The molecule has 1 aromatic carbocycles. The Kier molecular flexibility index (Phi) is 7.21. The number of amides is 3. The Morgan fingerprint density at radius 2 is 1.85 bits per heavy atom. The predicted octanol–water partition coefficient (Wildman–Crippen LogP) is 3.83. The van der Waals surface area contributed by atoms with Crippen molar-refractivity contribution >= 4 is 40.9 Å². The highest BCUT2D eigenvalue weighted by Crippen LogP contribution is 2.39. The van der Waals surface area contributed by atoms with Gasteiger partial charge in [-0.15, -0.1) is 0 Å². The van der Waals surface area contributed by atoms with Crippen molar-refractivity contribution in [3.05, 3.63) is 58.0 Å². The van der Waals surface area contributed by atoms with Gasteiger partial charge in [-0.3, -0.25) is 19.3 Å². The number of carbonyl (C=O) groups is 3. The van der Waals surface area contributed by atoms with Gasteiger partial charge in [-0.05, 0) is 36.2 Å². The summed E-state index contributed by atoms with van der Waals surface area (Å²) < 4.78 is 11.5. The number of furan rings is 1. The second-order valence-corrected chi connectivity index (χ2v) is 9.80. The van der Waals surface area contributed by atoms with E-state index < -0.39 is 17.7 Å². The third kappa shape index (κ3) is 4.80. The molecule has 0 unspecified atom stereocenters. The average molecular weight is 508 g/mol. The van der Waals surface area contributed by atoms with Gasteiger partial charge in [0.2, 0.25) is 5.91 Å². The largest absolute Gasteiger partial charge is 0.459 e. The molecule has 2 fully saturated rings. The van der Waals surface area contributed by atoms with Crippen LogP contribution in [-0.4, -0.2) is 65.5 Å². The van der Waals surface area contributed by atoms with E-state index in [1.807, 2.05) is 13.8 Å². The number of halogens is 2. The van der Waals surface area contributed by atoms with Crippen LogP contribution in [0, 0.1) is 5.92 Å². The number of carbonyl (C=O) groups excluding carboxylic acids is 3. The lowest BCUT2D eigenvalue weighted by Crippen LogP contribution is -2.60. The number of hydrogen-bond acceptors (Lipinski definition) is 5. The van der Waals surface area contributed by atoms with E-state index in [0.29, 0.717) is 48.1 Å². The first-order valence-electron chi connectivity index (χ1n) is 11.2. The molecule has 0 aliphatic carbocycles. The van der Waals surface area contributed by atoms with Gasteiger partial charge in [0, 0.05) is 38.0 Å². The Bertz CT molecular complexity index is 1060. The van der Waals surface area contributed by atoms with Crippen molar-refractivity contribution in [3.8, 4) is 0 Å². The van der Waals surface area contributed by atoms with E-state index in [-0.39, 0.29) is 30.1 Å². The Morgan fingerprint density at radius 1 is 1.12 bits per heavy atom. The molecule has 2 aromatic rings. The molecular weight excluding hydrogens is 481 g/mol. The summed E-state index contributed by atoms with van der Waals surface area (Å²) in [5, 5.41) is 3.59. The fourth-order valence-corrected chi connectivity index (χ4v) is 4.68. The van der Waals surface area contributed by atoms with Crippen LogP contribution in [0.2, 0.25) is 10.0 Å². The molecular formula is C24H27Cl2N3O5. The zero-order valence-electron chi connectivity index (χ0n) is 19.1. The molecule has 2 aliphatic heterocycles. The fraction of sp³-hybridized carbons (Fsp3) is 0.458. The van der Waals surface area contributed by atoms with Gasteiger partial charge in [-0.1, -0.05) is 37.0 Å². The van der Waals surface area contributed by atoms with E-state index in [2.05, 4.69) is 5.32 Å². The maximum atomic E-state index is 13.4. The molecule has 1 aromatic heterocycles. The van der Waals surface area contributed by atoms with Crippen molar-refractivity contribution in [3.63, 3.8) is 0 Å². The average Bonchev–Trinajstić information content (AvgIpc) is 3.48. The molecule has 8 nitrogen and oxygen atoms in total. The molecule has 1 N–H and O–H groups in total. The molecule has 1 spiro atoms. The third-order valence-corrected chi connectivity index (χ3v) is 6.94. The Balaban J connectivity index is 1.53. The molecule has 0 saturated carbocycles. The van der Waals surface area contributed by atoms with Crippen LogP contribution in [0.1, 0.15) is 47.6 Å². The topological polar surface area (TPSA) is 92.1 Å². The second kappa shape index (κ2) is 9.98. The van der Waals surface area contributed by atoms with Gasteiger partial charge in [0.15, 0.2) is 5.76 Å². The summed E-state index contributed by atoms with van der Waals surface area (Å²) in [6, 6.07) is 7.18. The molecule has 1 atom stereocenters. The first-order valence-corrected chi connectivity index (χ1v) is 12.0. The van der Waals surface area contributed by atoms with Gasteiger partial charge in [0.25, 0.3) is 11.8 Å². The molecule has 4 rings (SSSR count). The number of ether oxygens (including phenoxy) is 1. The number of benzene rings is 1. The first kappa shape index (κ1) is 24.6. The van der Waals surface area contributed by atoms with Gasteiger partial charge in [-0.2, -0.15) is 0 Å². The van der Waals surface area contributed by atoms with Gasteiger partial charge in [0.05, 0.1) is 22.9 Å². The summed E-state index contributed by atoms with van der Waals surface area (Å²) in [7, 11) is 0. The first-order chi connectivity index (χ1) is 16.2. The van der Waals surface area contributed by atoms with Gasteiger partial charge >= 0.3 is 0 Å². The van der Waals surface area contributed by atoms with Crippen LogP contribution < -0.4 is 5.32 Å². The number of nitrogens with one attached hydrogen (secondary N) is 1. The summed E-state index contributed by atoms with van der Waals surface area (Å²) in [6.45, 7) is 5.27. The van der Waals surface area contributed by atoms with E-state index in [9.17, 15) is 14.4 Å². The summed E-state index contributed by atoms with van der Waals surface area (Å²) >= 11 is 12.0. The summed E-state index contributed by atoms with van der Waals surface area (Å²) in [4.78, 5) is 42.6. The van der Waals surface area contributed by atoms with Crippen LogP contribution in [0.4, 0.5) is 0 Å². The molecule has 2 saturated heterocycles. The minimum atomic E-state index is -1.00. The van der Waals surface area contributed by atoms with Crippen LogP contribution in [0.3, 0.4) is 0 Å². The smallest absolute Gasteiger partial charge is 0.292 e. The van der Waals surface area contributed by atoms with E-state index in [1.165, 1.54) is 11.2 Å². The molecule has 10 heteroatoms. The number of hydrogen-bond donors (Lipinski definition) is 1. The zero-order chi connectivity index (χ0) is 24.5. The minimum Gasteiger partial charge on any atom is -0.459 e. The van der Waals surface area contributed by atoms with E-state index in [1.54, 1.807) is 35.2 Å². The van der Waals surface area contributed by atoms with Crippen molar-refractivity contribution in [1.29, 1.82) is 0 Å². The fourth-order valence-electron chi connectivity index (χ4n) is 4.38. The second-order valence-electron chi connectivity index (χ2n) is 8.99. The zero-order valence-corrected chi connectivity index (χ0v) is 20.6. The Hall–Kier alpha value is -2.55. The number of likely N-dealkylation sites (tertiary alicyclic amines) is 1. The molecule has 0 bridgehead atoms. The van der Waals surface area contributed by atoms with E-state index in [0.717, 1.165) is 0 Å². The molecule has 0 radical (unpaired) electrons. The highest BCUT2D eigenvalue weighted by Gasteiger charge is 2.54. The lowest BCUT2D eigenvalue weighted by Gasteiger charge is -2.44. The predicted molar refractivity (Wildman–Crippen MR) is 127 cm³/mol. The van der Waals surface area contributed by atoms with Gasteiger partial charge in [0.1, 0.15) is 11.8 Å². The van der Waals surface area contributed by atoms with Crippen LogP contribution in [0.15, 0.2) is 41.0 Å². The third-order valence-electron chi connectivity index (χ3n) is 6.20. The summed E-state index contributed by atoms with van der Waals surface area (Å²) in [6.07, 6.45) is 2.14. The standard InChI is InChI=1S/C24H27Cl2N3O5/c1-15(2)13-27-21(30)19-14-34-24(29(19)23(32)20-4-3-11-33-20)7-9-28(10-8-24)22(31)16-5-6-17(25)18(26)12-16/h3-6,11-12,15,19H,7-10,13-14H2,1-2H3,(H,27,30)/t19-/m1/s1. The summed E-state index contributed by atoms with van der Waals surface area (Å²) in [5.74, 6) is -0.441.